The van der Waals surface area contributed by atoms with Crippen LogP contribution in [0.1, 0.15) is 39.4 Å². The van der Waals surface area contributed by atoms with Crippen molar-refractivity contribution in [3.8, 4) is 0 Å². The molecular weight excluding hydrogens is 224 g/mol. The normalized spacial score (nSPS) is 13.8. The summed E-state index contributed by atoms with van der Waals surface area (Å²) >= 11 is 0. The first kappa shape index (κ1) is 15.2. The molecule has 0 aromatic carbocycles. The molecule has 0 aliphatic heterocycles. The topological polar surface area (TPSA) is 55.9 Å². The molecule has 104 valence electrons. The molecule has 4 nitrogen and oxygen atoms in total. The van der Waals surface area contributed by atoms with Crippen molar-refractivity contribution in [3.05, 3.63) is 18.2 Å². The van der Waals surface area contributed by atoms with Crippen molar-refractivity contribution in [1.82, 2.24) is 14.9 Å². The van der Waals surface area contributed by atoms with E-state index >= 15 is 0 Å². The molecule has 0 spiro atoms. The third-order valence-corrected chi connectivity index (χ3v) is 3.76. The number of nitrogens with one attached hydrogen (secondary N) is 1. The van der Waals surface area contributed by atoms with Gasteiger partial charge in [-0.25, -0.2) is 4.98 Å². The molecule has 0 saturated carbocycles. The van der Waals surface area contributed by atoms with E-state index in [2.05, 4.69) is 38.0 Å². The van der Waals surface area contributed by atoms with Crippen LogP contribution < -0.4 is 11.1 Å². The van der Waals surface area contributed by atoms with Gasteiger partial charge in [0.1, 0.15) is 0 Å². The van der Waals surface area contributed by atoms with E-state index in [4.69, 9.17) is 5.73 Å². The maximum Gasteiger partial charge on any atom is 0.0946 e. The van der Waals surface area contributed by atoms with Crippen LogP contribution in [0.15, 0.2) is 12.5 Å². The van der Waals surface area contributed by atoms with E-state index in [1.165, 1.54) is 0 Å². The fourth-order valence-electron chi connectivity index (χ4n) is 2.53. The number of hydrogen-bond acceptors (Lipinski definition) is 3. The highest BCUT2D eigenvalue weighted by Gasteiger charge is 2.20. The van der Waals surface area contributed by atoms with Gasteiger partial charge in [-0.2, -0.15) is 0 Å². The summed E-state index contributed by atoms with van der Waals surface area (Å²) < 4.78 is 2.03. The SMILES string of the molecule is CC(C)C(CNC(CN)c1cncn1C)C(C)C. The standard InChI is InChI=1S/C14H28N4/c1-10(2)12(11(3)4)7-17-13(6-15)14-8-16-9-18(14)5/h8-13,17H,6-7,15H2,1-5H3. The lowest BCUT2D eigenvalue weighted by Crippen LogP contribution is -2.36. The van der Waals surface area contributed by atoms with E-state index in [1.807, 2.05) is 24.1 Å². The Hall–Kier alpha value is -0.870. The van der Waals surface area contributed by atoms with Crippen LogP contribution in [0, 0.1) is 17.8 Å². The fraction of sp³-hybridized carbons (Fsp3) is 0.786. The Kier molecular flexibility index (Phi) is 5.82. The number of nitrogens with two attached hydrogens (primary N) is 1. The van der Waals surface area contributed by atoms with Crippen LogP contribution in [0.25, 0.3) is 0 Å². The van der Waals surface area contributed by atoms with Gasteiger partial charge < -0.3 is 15.6 Å². The Bertz CT molecular complexity index is 335. The maximum absolute atomic E-state index is 5.87. The van der Waals surface area contributed by atoms with Crippen LogP contribution in [-0.4, -0.2) is 22.6 Å². The van der Waals surface area contributed by atoms with E-state index < -0.39 is 0 Å². The molecular formula is C14H28N4. The minimum Gasteiger partial charge on any atom is -0.336 e. The third kappa shape index (κ3) is 3.82. The van der Waals surface area contributed by atoms with Gasteiger partial charge in [0.15, 0.2) is 0 Å². The van der Waals surface area contributed by atoms with Gasteiger partial charge in [-0.3, -0.25) is 0 Å². The van der Waals surface area contributed by atoms with Crippen LogP contribution in [0.2, 0.25) is 0 Å². The predicted molar refractivity (Wildman–Crippen MR) is 76.2 cm³/mol. The van der Waals surface area contributed by atoms with Crippen molar-refractivity contribution in [2.75, 3.05) is 13.1 Å². The quantitative estimate of drug-likeness (QED) is 0.779. The van der Waals surface area contributed by atoms with E-state index in [0.29, 0.717) is 24.3 Å². The van der Waals surface area contributed by atoms with Gasteiger partial charge in [-0.1, -0.05) is 27.7 Å². The zero-order valence-corrected chi connectivity index (χ0v) is 12.4. The highest BCUT2D eigenvalue weighted by Crippen LogP contribution is 2.21. The van der Waals surface area contributed by atoms with Gasteiger partial charge in [0.25, 0.3) is 0 Å². The van der Waals surface area contributed by atoms with Crippen molar-refractivity contribution in [2.24, 2.45) is 30.5 Å². The minimum absolute atomic E-state index is 0.192. The molecule has 0 saturated heterocycles. The lowest BCUT2D eigenvalue weighted by atomic mass is 9.85. The molecule has 0 fully saturated rings. The second-order valence-electron chi connectivity index (χ2n) is 5.78. The number of nitrogens with zero attached hydrogens (tertiary/aromatic N) is 2. The van der Waals surface area contributed by atoms with Crippen LogP contribution in [0.5, 0.6) is 0 Å². The average molecular weight is 252 g/mol. The molecule has 1 heterocycles. The highest BCUT2D eigenvalue weighted by atomic mass is 15.1. The first-order valence-electron chi connectivity index (χ1n) is 6.87. The minimum atomic E-state index is 0.192. The second-order valence-corrected chi connectivity index (χ2v) is 5.78. The molecule has 0 bridgehead atoms. The zero-order chi connectivity index (χ0) is 13.7. The van der Waals surface area contributed by atoms with E-state index in [-0.39, 0.29) is 6.04 Å². The Morgan fingerprint density at radius 3 is 2.28 bits per heavy atom. The van der Waals surface area contributed by atoms with E-state index in [0.717, 1.165) is 12.2 Å². The smallest absolute Gasteiger partial charge is 0.0946 e. The molecule has 1 unspecified atom stereocenters. The van der Waals surface area contributed by atoms with Crippen molar-refractivity contribution >= 4 is 0 Å². The molecule has 0 aliphatic carbocycles. The predicted octanol–water partition coefficient (Wildman–Crippen LogP) is 1.94. The summed E-state index contributed by atoms with van der Waals surface area (Å²) in [5, 5.41) is 3.59. The number of hydrogen-bond donors (Lipinski definition) is 2. The number of rotatable bonds is 7. The molecule has 0 amide bonds. The summed E-state index contributed by atoms with van der Waals surface area (Å²) in [4.78, 5) is 4.16. The Labute approximate surface area is 111 Å². The molecule has 3 N–H and O–H groups in total. The molecule has 0 radical (unpaired) electrons. The zero-order valence-electron chi connectivity index (χ0n) is 12.4. The second kappa shape index (κ2) is 6.90. The molecule has 1 rings (SSSR count). The van der Waals surface area contributed by atoms with Gasteiger partial charge in [-0.05, 0) is 24.3 Å². The number of imidazole rings is 1. The van der Waals surface area contributed by atoms with E-state index in [1.54, 1.807) is 0 Å². The summed E-state index contributed by atoms with van der Waals surface area (Å²) in [5.41, 5.74) is 7.02. The molecule has 0 aliphatic rings. The molecule has 1 aromatic rings. The fourth-order valence-corrected chi connectivity index (χ4v) is 2.53. The van der Waals surface area contributed by atoms with Crippen LogP contribution in [-0.2, 0) is 7.05 Å². The summed E-state index contributed by atoms with van der Waals surface area (Å²) in [5.74, 6) is 2.04. The number of aromatic nitrogens is 2. The monoisotopic (exact) mass is 252 g/mol. The van der Waals surface area contributed by atoms with Crippen molar-refractivity contribution in [1.29, 1.82) is 0 Å². The van der Waals surface area contributed by atoms with E-state index in [9.17, 15) is 0 Å². The van der Waals surface area contributed by atoms with Crippen LogP contribution in [0.4, 0.5) is 0 Å². The lowest BCUT2D eigenvalue weighted by molar-refractivity contribution is 0.265. The molecule has 18 heavy (non-hydrogen) atoms. The molecule has 1 atom stereocenters. The van der Waals surface area contributed by atoms with Gasteiger partial charge in [0, 0.05) is 19.8 Å². The summed E-state index contributed by atoms with van der Waals surface area (Å²) in [6.45, 7) is 10.7. The van der Waals surface area contributed by atoms with Gasteiger partial charge in [0.05, 0.1) is 18.1 Å². The third-order valence-electron chi connectivity index (χ3n) is 3.76. The molecule has 4 heteroatoms. The van der Waals surface area contributed by atoms with Crippen molar-refractivity contribution in [2.45, 2.75) is 33.7 Å². The summed E-state index contributed by atoms with van der Waals surface area (Å²) in [6.07, 6.45) is 3.71. The Morgan fingerprint density at radius 1 is 1.28 bits per heavy atom. The molecule has 1 aromatic heterocycles. The maximum atomic E-state index is 5.87. The van der Waals surface area contributed by atoms with Crippen molar-refractivity contribution < 1.29 is 0 Å². The highest BCUT2D eigenvalue weighted by molar-refractivity contribution is 5.05. The largest absolute Gasteiger partial charge is 0.336 e. The lowest BCUT2D eigenvalue weighted by Gasteiger charge is -2.28. The van der Waals surface area contributed by atoms with Crippen LogP contribution >= 0.6 is 0 Å². The first-order valence-corrected chi connectivity index (χ1v) is 6.87. The Balaban J connectivity index is 2.62. The summed E-state index contributed by atoms with van der Waals surface area (Å²) in [6, 6.07) is 0.192. The Morgan fingerprint density at radius 2 is 1.89 bits per heavy atom. The number of aryl methyl sites for hydroxylation is 1. The average Bonchev–Trinajstić information content (AvgIpc) is 2.70. The van der Waals surface area contributed by atoms with Gasteiger partial charge >= 0.3 is 0 Å². The van der Waals surface area contributed by atoms with Gasteiger partial charge in [0.2, 0.25) is 0 Å². The van der Waals surface area contributed by atoms with Crippen LogP contribution in [0.3, 0.4) is 0 Å². The summed E-state index contributed by atoms with van der Waals surface area (Å²) in [7, 11) is 2.01. The van der Waals surface area contributed by atoms with Gasteiger partial charge in [-0.15, -0.1) is 0 Å². The van der Waals surface area contributed by atoms with Crippen molar-refractivity contribution in [3.63, 3.8) is 0 Å². The first-order chi connectivity index (χ1) is 8.47.